The predicted molar refractivity (Wildman–Crippen MR) is 77.2 cm³/mol. The number of carbonyl (C=O) groups excluding carboxylic acids is 1. The lowest BCUT2D eigenvalue weighted by Gasteiger charge is -2.18. The van der Waals surface area contributed by atoms with Crippen LogP contribution in [-0.4, -0.2) is 21.1 Å². The molecule has 8 heteroatoms. The number of H-pyrrole nitrogens is 1. The van der Waals surface area contributed by atoms with Gasteiger partial charge in [0.25, 0.3) is 0 Å². The summed E-state index contributed by atoms with van der Waals surface area (Å²) in [5, 5.41) is 8.92. The van der Waals surface area contributed by atoms with E-state index in [9.17, 15) is 18.0 Å². The molecule has 0 unspecified atom stereocenters. The Hall–Kier alpha value is -2.64. The lowest BCUT2D eigenvalue weighted by atomic mass is 10.0. The van der Waals surface area contributed by atoms with E-state index >= 15 is 0 Å². The van der Waals surface area contributed by atoms with Crippen molar-refractivity contribution in [2.24, 2.45) is 0 Å². The summed E-state index contributed by atoms with van der Waals surface area (Å²) in [7, 11) is 0. The second kappa shape index (κ2) is 6.64. The number of aromatic nitrogens is 3. The molecule has 0 saturated carbocycles. The van der Waals surface area contributed by atoms with Crippen LogP contribution in [0.15, 0.2) is 42.2 Å². The Morgan fingerprint density at radius 3 is 2.70 bits per heavy atom. The lowest BCUT2D eigenvalue weighted by Crippen LogP contribution is -2.30. The van der Waals surface area contributed by atoms with E-state index in [1.54, 1.807) is 19.9 Å². The number of rotatable bonds is 4. The largest absolute Gasteiger partial charge is 0.416 e. The van der Waals surface area contributed by atoms with E-state index in [2.05, 4.69) is 20.5 Å². The Bertz CT molecular complexity index is 708. The van der Waals surface area contributed by atoms with E-state index in [1.165, 1.54) is 18.5 Å². The number of nitrogens with one attached hydrogen (secondary N) is 2. The zero-order valence-electron chi connectivity index (χ0n) is 12.5. The van der Waals surface area contributed by atoms with Crippen LogP contribution in [0.25, 0.3) is 0 Å². The van der Waals surface area contributed by atoms with Gasteiger partial charge in [-0.2, -0.15) is 18.3 Å². The molecule has 0 spiro atoms. The molecule has 0 fully saturated rings. The monoisotopic (exact) mass is 324 g/mol. The highest BCUT2D eigenvalue weighted by atomic mass is 19.4. The number of hydrogen-bond acceptors (Lipinski definition) is 3. The van der Waals surface area contributed by atoms with Gasteiger partial charge in [0.1, 0.15) is 12.4 Å². The number of amides is 1. The third-order valence-electron chi connectivity index (χ3n) is 3.32. The van der Waals surface area contributed by atoms with Crippen LogP contribution in [0.1, 0.15) is 36.8 Å². The van der Waals surface area contributed by atoms with Crippen LogP contribution in [0.5, 0.6) is 0 Å². The van der Waals surface area contributed by atoms with Crippen LogP contribution < -0.4 is 5.32 Å². The normalized spacial score (nSPS) is 13.7. The van der Waals surface area contributed by atoms with E-state index in [-0.39, 0.29) is 11.4 Å². The van der Waals surface area contributed by atoms with Crippen molar-refractivity contribution in [1.82, 2.24) is 20.5 Å². The van der Waals surface area contributed by atoms with Crippen LogP contribution in [0.2, 0.25) is 0 Å². The molecular weight excluding hydrogens is 309 g/mol. The van der Waals surface area contributed by atoms with Gasteiger partial charge >= 0.3 is 6.18 Å². The van der Waals surface area contributed by atoms with E-state index in [0.717, 1.165) is 12.1 Å². The number of alkyl halides is 3. The smallest absolute Gasteiger partial charge is 0.338 e. The molecule has 0 radical (unpaired) electrons. The van der Waals surface area contributed by atoms with Crippen LogP contribution in [0, 0.1) is 0 Å². The fraction of sp³-hybridized carbons (Fsp3) is 0.267. The van der Waals surface area contributed by atoms with E-state index < -0.39 is 23.7 Å². The van der Waals surface area contributed by atoms with Crippen LogP contribution in [0.4, 0.5) is 13.2 Å². The van der Waals surface area contributed by atoms with Gasteiger partial charge in [0.2, 0.25) is 5.91 Å². The molecule has 1 atom stereocenters. The lowest BCUT2D eigenvalue weighted by molar-refractivity contribution is -0.137. The highest BCUT2D eigenvalue weighted by Gasteiger charge is 2.31. The second-order valence-corrected chi connectivity index (χ2v) is 4.87. The number of hydrogen-bond donors (Lipinski definition) is 2. The summed E-state index contributed by atoms with van der Waals surface area (Å²) in [6.07, 6.45) is -1.63. The van der Waals surface area contributed by atoms with Crippen molar-refractivity contribution in [3.63, 3.8) is 0 Å². The standard InChI is InChI=1S/C15H15F3N4O/c1-3-9(2)14(23)21-12(13-19-8-20-22-13)10-5-4-6-11(7-10)15(16,17)18/h3-8,12H,1-2H3,(H,21,23)(H,19,20,22)/b9-3-/t12-/m0/s1. The van der Waals surface area contributed by atoms with E-state index in [0.29, 0.717) is 5.57 Å². The second-order valence-electron chi connectivity index (χ2n) is 4.87. The van der Waals surface area contributed by atoms with Crippen molar-refractivity contribution in [2.75, 3.05) is 0 Å². The van der Waals surface area contributed by atoms with Crippen molar-refractivity contribution < 1.29 is 18.0 Å². The third kappa shape index (κ3) is 3.97. The maximum Gasteiger partial charge on any atom is 0.416 e. The number of aromatic amines is 1. The average molecular weight is 324 g/mol. The molecule has 0 aliphatic heterocycles. The Kier molecular flexibility index (Phi) is 4.83. The summed E-state index contributed by atoms with van der Waals surface area (Å²) < 4.78 is 38.7. The minimum atomic E-state index is -4.47. The van der Waals surface area contributed by atoms with Gasteiger partial charge in [0.15, 0.2) is 5.82 Å². The fourth-order valence-corrected chi connectivity index (χ4v) is 1.93. The first-order chi connectivity index (χ1) is 10.8. The molecule has 23 heavy (non-hydrogen) atoms. The molecule has 1 aromatic carbocycles. The first-order valence-electron chi connectivity index (χ1n) is 6.79. The Balaban J connectivity index is 2.41. The minimum Gasteiger partial charge on any atom is -0.338 e. The fourth-order valence-electron chi connectivity index (χ4n) is 1.93. The van der Waals surface area contributed by atoms with Crippen LogP contribution in [0.3, 0.4) is 0 Å². The Morgan fingerprint density at radius 2 is 2.13 bits per heavy atom. The van der Waals surface area contributed by atoms with Gasteiger partial charge in [-0.3, -0.25) is 9.89 Å². The van der Waals surface area contributed by atoms with Gasteiger partial charge in [-0.15, -0.1) is 0 Å². The number of allylic oxidation sites excluding steroid dienone is 1. The Morgan fingerprint density at radius 1 is 1.39 bits per heavy atom. The van der Waals surface area contributed by atoms with Gasteiger partial charge < -0.3 is 5.32 Å². The van der Waals surface area contributed by atoms with Crippen LogP contribution in [-0.2, 0) is 11.0 Å². The summed E-state index contributed by atoms with van der Waals surface area (Å²) in [6, 6.07) is 3.88. The van der Waals surface area contributed by atoms with E-state index in [1.807, 2.05) is 0 Å². The SMILES string of the molecule is C/C=C(/C)C(=O)N[C@@H](c1cccc(C(F)(F)F)c1)c1ncn[nH]1. The van der Waals surface area contributed by atoms with Crippen molar-refractivity contribution in [3.8, 4) is 0 Å². The van der Waals surface area contributed by atoms with Crippen molar-refractivity contribution >= 4 is 5.91 Å². The van der Waals surface area contributed by atoms with Crippen molar-refractivity contribution in [1.29, 1.82) is 0 Å². The maximum atomic E-state index is 12.9. The molecule has 0 aliphatic carbocycles. The summed E-state index contributed by atoms with van der Waals surface area (Å²) in [5.74, 6) is -0.145. The maximum absolute atomic E-state index is 12.9. The Labute approximate surface area is 130 Å². The molecular formula is C15H15F3N4O. The first-order valence-corrected chi connectivity index (χ1v) is 6.79. The molecule has 122 valence electrons. The summed E-state index contributed by atoms with van der Waals surface area (Å²) in [4.78, 5) is 16.0. The molecule has 1 amide bonds. The highest BCUT2D eigenvalue weighted by molar-refractivity contribution is 5.93. The minimum absolute atomic E-state index is 0.251. The highest BCUT2D eigenvalue weighted by Crippen LogP contribution is 2.31. The van der Waals surface area contributed by atoms with Gasteiger partial charge in [-0.1, -0.05) is 18.2 Å². The molecule has 0 saturated heterocycles. The third-order valence-corrected chi connectivity index (χ3v) is 3.32. The quantitative estimate of drug-likeness (QED) is 0.849. The number of benzene rings is 1. The van der Waals surface area contributed by atoms with Gasteiger partial charge in [0.05, 0.1) is 5.56 Å². The molecule has 5 nitrogen and oxygen atoms in total. The molecule has 1 heterocycles. The van der Waals surface area contributed by atoms with Gasteiger partial charge in [-0.25, -0.2) is 4.98 Å². The molecule has 0 bridgehead atoms. The summed E-state index contributed by atoms with van der Waals surface area (Å²) in [5.41, 5.74) is -0.0909. The number of carbonyl (C=O) groups is 1. The number of nitrogens with zero attached hydrogens (tertiary/aromatic N) is 2. The molecule has 0 aliphatic rings. The molecule has 1 aromatic heterocycles. The van der Waals surface area contributed by atoms with E-state index in [4.69, 9.17) is 0 Å². The van der Waals surface area contributed by atoms with Gasteiger partial charge in [-0.05, 0) is 31.5 Å². The van der Waals surface area contributed by atoms with Crippen molar-refractivity contribution in [3.05, 3.63) is 59.2 Å². The predicted octanol–water partition coefficient (Wildman–Crippen LogP) is 3.00. The molecule has 2 rings (SSSR count). The van der Waals surface area contributed by atoms with Gasteiger partial charge in [0, 0.05) is 5.57 Å². The first kappa shape index (κ1) is 16.7. The number of halogens is 3. The zero-order chi connectivity index (χ0) is 17.0. The zero-order valence-corrected chi connectivity index (χ0v) is 12.5. The van der Waals surface area contributed by atoms with Crippen molar-refractivity contribution in [2.45, 2.75) is 26.1 Å². The average Bonchev–Trinajstić information content (AvgIpc) is 3.05. The topological polar surface area (TPSA) is 70.7 Å². The molecule has 2 aromatic rings. The molecule has 2 N–H and O–H groups in total. The van der Waals surface area contributed by atoms with Crippen LogP contribution >= 0.6 is 0 Å². The summed E-state index contributed by atoms with van der Waals surface area (Å²) >= 11 is 0. The summed E-state index contributed by atoms with van der Waals surface area (Å²) in [6.45, 7) is 3.31.